The summed E-state index contributed by atoms with van der Waals surface area (Å²) in [6.45, 7) is 6.05. The van der Waals surface area contributed by atoms with Gasteiger partial charge in [0.15, 0.2) is 5.79 Å². The van der Waals surface area contributed by atoms with Crippen molar-refractivity contribution in [3.63, 3.8) is 0 Å². The van der Waals surface area contributed by atoms with E-state index in [4.69, 9.17) is 15.9 Å². The molecule has 0 aliphatic carbocycles. The summed E-state index contributed by atoms with van der Waals surface area (Å²) in [5.41, 5.74) is 0. The van der Waals surface area contributed by atoms with Gasteiger partial charge >= 0.3 is 0 Å². The van der Waals surface area contributed by atoms with E-state index >= 15 is 0 Å². The Morgan fingerprint density at radius 3 is 2.62 bits per heavy atom. The Morgan fingerprint density at radius 1 is 1.46 bits per heavy atom. The molecule has 0 aromatic carbocycles. The van der Waals surface area contributed by atoms with Gasteiger partial charge in [-0.15, -0.1) is 12.3 Å². The van der Waals surface area contributed by atoms with Crippen LogP contribution in [0.2, 0.25) is 0 Å². The van der Waals surface area contributed by atoms with Crippen LogP contribution in [0.4, 0.5) is 0 Å². The fourth-order valence-electron chi connectivity index (χ4n) is 1.16. The van der Waals surface area contributed by atoms with Gasteiger partial charge in [0.05, 0.1) is 19.3 Å². The van der Waals surface area contributed by atoms with Crippen LogP contribution in [0.15, 0.2) is 0 Å². The maximum atomic E-state index is 5.47. The van der Waals surface area contributed by atoms with Gasteiger partial charge in [0.1, 0.15) is 0 Å². The molecule has 1 heterocycles. The van der Waals surface area contributed by atoms with Crippen molar-refractivity contribution in [3.05, 3.63) is 0 Å². The normalized spacial score (nSPS) is 22.5. The van der Waals surface area contributed by atoms with Gasteiger partial charge in [-0.25, -0.2) is 0 Å². The zero-order chi connectivity index (χ0) is 9.73. The maximum Gasteiger partial charge on any atom is 0.162 e. The van der Waals surface area contributed by atoms with Crippen molar-refractivity contribution in [2.45, 2.75) is 32.1 Å². The fraction of sp³-hybridized carbons (Fsp3) is 0.800. The number of rotatable bonds is 3. The summed E-state index contributed by atoms with van der Waals surface area (Å²) in [5, 5.41) is 3.27. The van der Waals surface area contributed by atoms with Gasteiger partial charge in [-0.05, 0) is 13.8 Å². The number of terminal acetylenes is 1. The maximum absolute atomic E-state index is 5.47. The molecule has 13 heavy (non-hydrogen) atoms. The predicted octanol–water partition coefficient (Wildman–Crippen LogP) is 0.751. The highest BCUT2D eigenvalue weighted by molar-refractivity contribution is 4.85. The van der Waals surface area contributed by atoms with Crippen LogP contribution < -0.4 is 5.32 Å². The van der Waals surface area contributed by atoms with Crippen molar-refractivity contribution >= 4 is 0 Å². The molecule has 0 spiro atoms. The first kappa shape index (κ1) is 10.5. The van der Waals surface area contributed by atoms with Crippen LogP contribution in [0.1, 0.15) is 20.3 Å². The van der Waals surface area contributed by atoms with Crippen molar-refractivity contribution < 1.29 is 9.47 Å². The largest absolute Gasteiger partial charge is 0.349 e. The molecule has 0 saturated carbocycles. The van der Waals surface area contributed by atoms with Gasteiger partial charge in [0.2, 0.25) is 0 Å². The van der Waals surface area contributed by atoms with E-state index in [1.807, 2.05) is 13.8 Å². The molecular weight excluding hydrogens is 166 g/mol. The molecule has 0 aromatic rings. The first-order valence-electron chi connectivity index (χ1n) is 4.59. The second kappa shape index (κ2) is 4.61. The molecule has 0 aromatic heterocycles. The quantitative estimate of drug-likeness (QED) is 0.517. The van der Waals surface area contributed by atoms with Crippen molar-refractivity contribution in [3.8, 4) is 12.3 Å². The zero-order valence-corrected chi connectivity index (χ0v) is 8.30. The summed E-state index contributed by atoms with van der Waals surface area (Å²) >= 11 is 0. The Labute approximate surface area is 79.8 Å². The van der Waals surface area contributed by atoms with Gasteiger partial charge in [0, 0.05) is 13.0 Å². The Balaban J connectivity index is 2.15. The molecule has 0 amide bonds. The Kier molecular flexibility index (Phi) is 3.73. The summed E-state index contributed by atoms with van der Waals surface area (Å²) in [4.78, 5) is 0. The van der Waals surface area contributed by atoms with E-state index in [0.717, 1.165) is 13.0 Å². The van der Waals surface area contributed by atoms with E-state index in [2.05, 4.69) is 11.2 Å². The van der Waals surface area contributed by atoms with Crippen molar-refractivity contribution in [2.75, 3.05) is 19.8 Å². The van der Waals surface area contributed by atoms with Crippen molar-refractivity contribution in [1.82, 2.24) is 5.32 Å². The van der Waals surface area contributed by atoms with E-state index in [1.165, 1.54) is 0 Å². The lowest BCUT2D eigenvalue weighted by molar-refractivity contribution is -0.252. The highest BCUT2D eigenvalue weighted by atomic mass is 16.7. The molecule has 1 saturated heterocycles. The smallest absolute Gasteiger partial charge is 0.162 e. The average molecular weight is 183 g/mol. The highest BCUT2D eigenvalue weighted by Gasteiger charge is 2.27. The molecule has 74 valence electrons. The third kappa shape index (κ3) is 3.77. The SMILES string of the molecule is C#CCCNC1COC(C)(C)OC1. The summed E-state index contributed by atoms with van der Waals surface area (Å²) in [6.07, 6.45) is 5.88. The van der Waals surface area contributed by atoms with Gasteiger partial charge in [0.25, 0.3) is 0 Å². The lowest BCUT2D eigenvalue weighted by Gasteiger charge is -2.35. The molecule has 0 bridgehead atoms. The Bertz CT molecular complexity index is 186. The zero-order valence-electron chi connectivity index (χ0n) is 8.30. The van der Waals surface area contributed by atoms with Crippen LogP contribution in [-0.4, -0.2) is 31.6 Å². The first-order chi connectivity index (χ1) is 6.14. The standard InChI is InChI=1S/C10H17NO2/c1-4-5-6-11-9-7-12-10(2,3)13-8-9/h1,9,11H,5-8H2,2-3H3. The van der Waals surface area contributed by atoms with E-state index in [-0.39, 0.29) is 6.04 Å². The summed E-state index contributed by atoms with van der Waals surface area (Å²) in [6, 6.07) is 0.279. The second-order valence-corrected chi connectivity index (χ2v) is 3.63. The van der Waals surface area contributed by atoms with Crippen LogP contribution >= 0.6 is 0 Å². The monoisotopic (exact) mass is 183 g/mol. The Morgan fingerprint density at radius 2 is 2.08 bits per heavy atom. The number of ether oxygens (including phenoxy) is 2. The van der Waals surface area contributed by atoms with Crippen LogP contribution in [0.25, 0.3) is 0 Å². The van der Waals surface area contributed by atoms with Gasteiger partial charge < -0.3 is 14.8 Å². The second-order valence-electron chi connectivity index (χ2n) is 3.63. The van der Waals surface area contributed by atoms with Crippen LogP contribution in [0, 0.1) is 12.3 Å². The number of hydrogen-bond donors (Lipinski definition) is 1. The Hall–Kier alpha value is -0.560. The number of hydrogen-bond acceptors (Lipinski definition) is 3. The predicted molar refractivity (Wildman–Crippen MR) is 51.2 cm³/mol. The highest BCUT2D eigenvalue weighted by Crippen LogP contribution is 2.16. The molecule has 3 heteroatoms. The van der Waals surface area contributed by atoms with Gasteiger partial charge in [-0.2, -0.15) is 0 Å². The van der Waals surface area contributed by atoms with Crippen LogP contribution in [0.5, 0.6) is 0 Å². The molecule has 0 atom stereocenters. The molecule has 0 unspecified atom stereocenters. The summed E-state index contributed by atoms with van der Waals surface area (Å²) in [5.74, 6) is 2.15. The van der Waals surface area contributed by atoms with Crippen LogP contribution in [0.3, 0.4) is 0 Å². The molecule has 1 N–H and O–H groups in total. The first-order valence-corrected chi connectivity index (χ1v) is 4.59. The summed E-state index contributed by atoms with van der Waals surface area (Å²) in [7, 11) is 0. The molecule has 1 aliphatic heterocycles. The van der Waals surface area contributed by atoms with E-state index in [0.29, 0.717) is 13.2 Å². The minimum absolute atomic E-state index is 0.279. The van der Waals surface area contributed by atoms with E-state index in [1.54, 1.807) is 0 Å². The van der Waals surface area contributed by atoms with Crippen LogP contribution in [-0.2, 0) is 9.47 Å². The third-order valence-electron chi connectivity index (χ3n) is 1.97. The van der Waals surface area contributed by atoms with E-state index < -0.39 is 5.79 Å². The number of nitrogens with one attached hydrogen (secondary N) is 1. The van der Waals surface area contributed by atoms with Crippen molar-refractivity contribution in [1.29, 1.82) is 0 Å². The lowest BCUT2D eigenvalue weighted by Crippen LogP contribution is -2.48. The molecule has 1 aliphatic rings. The minimum atomic E-state index is -0.426. The minimum Gasteiger partial charge on any atom is -0.349 e. The molecule has 1 fully saturated rings. The molecule has 0 radical (unpaired) electrons. The van der Waals surface area contributed by atoms with Crippen molar-refractivity contribution in [2.24, 2.45) is 0 Å². The van der Waals surface area contributed by atoms with Gasteiger partial charge in [-0.1, -0.05) is 0 Å². The lowest BCUT2D eigenvalue weighted by atomic mass is 10.2. The van der Waals surface area contributed by atoms with Gasteiger partial charge in [-0.3, -0.25) is 0 Å². The molecule has 3 nitrogen and oxygen atoms in total. The molecule has 1 rings (SSSR count). The van der Waals surface area contributed by atoms with E-state index in [9.17, 15) is 0 Å². The fourth-order valence-corrected chi connectivity index (χ4v) is 1.16. The summed E-state index contributed by atoms with van der Waals surface area (Å²) < 4.78 is 10.9. The third-order valence-corrected chi connectivity index (χ3v) is 1.97. The average Bonchev–Trinajstić information content (AvgIpc) is 2.08. The molecular formula is C10H17NO2. The topological polar surface area (TPSA) is 30.5 Å².